The molecule has 1 aromatic carbocycles. The summed E-state index contributed by atoms with van der Waals surface area (Å²) in [7, 11) is 2.06. The van der Waals surface area contributed by atoms with E-state index >= 15 is 0 Å². The van der Waals surface area contributed by atoms with Crippen LogP contribution in [-0.4, -0.2) is 23.5 Å². The number of aromatic nitrogens is 1. The van der Waals surface area contributed by atoms with Crippen LogP contribution in [0.3, 0.4) is 0 Å². The summed E-state index contributed by atoms with van der Waals surface area (Å²) in [4.78, 5) is 6.60. The van der Waals surface area contributed by atoms with Crippen molar-refractivity contribution in [3.63, 3.8) is 0 Å². The minimum Gasteiger partial charge on any atom is -0.439 e. The predicted molar refractivity (Wildman–Crippen MR) is 65.0 cm³/mol. The Morgan fingerprint density at radius 3 is 3.00 bits per heavy atom. The normalized spacial score (nSPS) is 11.4. The molecule has 4 nitrogen and oxygen atoms in total. The minimum absolute atomic E-state index is 0.717. The third kappa shape index (κ3) is 2.33. The second-order valence-electron chi connectivity index (χ2n) is 4.07. The SMILES string of the molecule is CCCN(C)Cc1nc2cc(N)ccc2o1. The van der Waals surface area contributed by atoms with Gasteiger partial charge < -0.3 is 10.2 Å². The van der Waals surface area contributed by atoms with Crippen molar-refractivity contribution in [1.82, 2.24) is 9.88 Å². The van der Waals surface area contributed by atoms with Gasteiger partial charge in [-0.05, 0) is 38.2 Å². The van der Waals surface area contributed by atoms with Gasteiger partial charge in [0.05, 0.1) is 6.54 Å². The van der Waals surface area contributed by atoms with Gasteiger partial charge in [0.1, 0.15) is 5.52 Å². The van der Waals surface area contributed by atoms with Gasteiger partial charge in [-0.1, -0.05) is 6.92 Å². The van der Waals surface area contributed by atoms with Gasteiger partial charge in [0, 0.05) is 5.69 Å². The number of benzene rings is 1. The number of rotatable bonds is 4. The number of nitrogens with two attached hydrogens (primary N) is 1. The fourth-order valence-corrected chi connectivity index (χ4v) is 1.75. The number of anilines is 1. The lowest BCUT2D eigenvalue weighted by molar-refractivity contribution is 0.293. The van der Waals surface area contributed by atoms with Gasteiger partial charge in [0.2, 0.25) is 5.89 Å². The zero-order valence-corrected chi connectivity index (χ0v) is 9.73. The number of oxazole rings is 1. The number of hydrogen-bond donors (Lipinski definition) is 1. The molecule has 0 aliphatic rings. The largest absolute Gasteiger partial charge is 0.439 e. The first-order chi connectivity index (χ1) is 7.69. The maximum Gasteiger partial charge on any atom is 0.209 e. The molecule has 0 aliphatic heterocycles. The molecular weight excluding hydrogens is 202 g/mol. The van der Waals surface area contributed by atoms with Crippen molar-refractivity contribution in [3.05, 3.63) is 24.1 Å². The average Bonchev–Trinajstić information content (AvgIpc) is 2.59. The molecule has 0 saturated heterocycles. The van der Waals surface area contributed by atoms with Crippen molar-refractivity contribution < 1.29 is 4.42 Å². The molecule has 0 atom stereocenters. The van der Waals surface area contributed by atoms with Crippen molar-refractivity contribution in [2.45, 2.75) is 19.9 Å². The van der Waals surface area contributed by atoms with Gasteiger partial charge in [0.15, 0.2) is 5.58 Å². The van der Waals surface area contributed by atoms with E-state index in [4.69, 9.17) is 10.2 Å². The lowest BCUT2D eigenvalue weighted by Gasteiger charge is -2.11. The van der Waals surface area contributed by atoms with Crippen LogP contribution in [0.2, 0.25) is 0 Å². The maximum atomic E-state index is 5.69. The molecule has 0 amide bonds. The average molecular weight is 219 g/mol. The van der Waals surface area contributed by atoms with Crippen LogP contribution in [0, 0.1) is 0 Å². The van der Waals surface area contributed by atoms with Gasteiger partial charge >= 0.3 is 0 Å². The lowest BCUT2D eigenvalue weighted by atomic mass is 10.3. The van der Waals surface area contributed by atoms with E-state index in [2.05, 4.69) is 23.9 Å². The molecule has 1 aromatic heterocycles. The molecule has 0 aliphatic carbocycles. The summed E-state index contributed by atoms with van der Waals surface area (Å²) in [5, 5.41) is 0. The molecule has 0 bridgehead atoms. The van der Waals surface area contributed by atoms with Gasteiger partial charge in [-0.25, -0.2) is 4.98 Å². The van der Waals surface area contributed by atoms with Crippen LogP contribution in [-0.2, 0) is 6.54 Å². The molecule has 0 unspecified atom stereocenters. The molecule has 16 heavy (non-hydrogen) atoms. The molecule has 2 N–H and O–H groups in total. The highest BCUT2D eigenvalue weighted by Crippen LogP contribution is 2.18. The minimum atomic E-state index is 0.717. The summed E-state index contributed by atoms with van der Waals surface area (Å²) in [5.41, 5.74) is 8.04. The maximum absolute atomic E-state index is 5.69. The molecule has 86 valence electrons. The Labute approximate surface area is 95.1 Å². The van der Waals surface area contributed by atoms with E-state index in [9.17, 15) is 0 Å². The Bertz CT molecular complexity index is 478. The highest BCUT2D eigenvalue weighted by Gasteiger charge is 2.07. The Balaban J connectivity index is 2.19. The first-order valence-corrected chi connectivity index (χ1v) is 5.52. The smallest absolute Gasteiger partial charge is 0.209 e. The number of hydrogen-bond acceptors (Lipinski definition) is 4. The zero-order valence-electron chi connectivity index (χ0n) is 9.73. The van der Waals surface area contributed by atoms with Crippen molar-refractivity contribution in [1.29, 1.82) is 0 Å². The summed E-state index contributed by atoms with van der Waals surface area (Å²) in [6, 6.07) is 5.52. The summed E-state index contributed by atoms with van der Waals surface area (Å²) in [6.07, 6.45) is 1.13. The first-order valence-electron chi connectivity index (χ1n) is 5.52. The predicted octanol–water partition coefficient (Wildman–Crippen LogP) is 2.25. The summed E-state index contributed by atoms with van der Waals surface area (Å²) < 4.78 is 5.63. The molecule has 0 saturated carbocycles. The molecule has 1 heterocycles. The van der Waals surface area contributed by atoms with Crippen LogP contribution in [0.15, 0.2) is 22.6 Å². The third-order valence-electron chi connectivity index (χ3n) is 2.47. The van der Waals surface area contributed by atoms with E-state index in [0.717, 1.165) is 36.5 Å². The Morgan fingerprint density at radius 1 is 1.44 bits per heavy atom. The van der Waals surface area contributed by atoms with Crippen LogP contribution < -0.4 is 5.73 Å². The van der Waals surface area contributed by atoms with Crippen LogP contribution in [0.5, 0.6) is 0 Å². The second-order valence-corrected chi connectivity index (χ2v) is 4.07. The van der Waals surface area contributed by atoms with Gasteiger partial charge in [0.25, 0.3) is 0 Å². The highest BCUT2D eigenvalue weighted by atomic mass is 16.3. The zero-order chi connectivity index (χ0) is 11.5. The molecule has 4 heteroatoms. The Hall–Kier alpha value is -1.55. The van der Waals surface area contributed by atoms with Crippen molar-refractivity contribution >= 4 is 16.8 Å². The van der Waals surface area contributed by atoms with Gasteiger partial charge in [-0.2, -0.15) is 0 Å². The Morgan fingerprint density at radius 2 is 2.25 bits per heavy atom. The van der Waals surface area contributed by atoms with Crippen LogP contribution in [0.4, 0.5) is 5.69 Å². The third-order valence-corrected chi connectivity index (χ3v) is 2.47. The Kier molecular flexibility index (Phi) is 3.10. The first kappa shape index (κ1) is 11.0. The monoisotopic (exact) mass is 219 g/mol. The van der Waals surface area contributed by atoms with Crippen molar-refractivity contribution in [2.75, 3.05) is 19.3 Å². The summed E-state index contributed by atoms with van der Waals surface area (Å²) in [5.74, 6) is 0.747. The number of fused-ring (bicyclic) bond motifs is 1. The molecule has 2 aromatic rings. The van der Waals surface area contributed by atoms with Crippen molar-refractivity contribution in [3.8, 4) is 0 Å². The highest BCUT2D eigenvalue weighted by molar-refractivity contribution is 5.76. The second kappa shape index (κ2) is 4.53. The van der Waals surface area contributed by atoms with Crippen LogP contribution in [0.1, 0.15) is 19.2 Å². The van der Waals surface area contributed by atoms with E-state index in [1.54, 1.807) is 0 Å². The van der Waals surface area contributed by atoms with E-state index in [1.807, 2.05) is 18.2 Å². The quantitative estimate of drug-likeness (QED) is 0.801. The van der Waals surface area contributed by atoms with Crippen LogP contribution >= 0.6 is 0 Å². The van der Waals surface area contributed by atoms with Gasteiger partial charge in [-0.3, -0.25) is 4.90 Å². The fourth-order valence-electron chi connectivity index (χ4n) is 1.75. The van der Waals surface area contributed by atoms with Gasteiger partial charge in [-0.15, -0.1) is 0 Å². The van der Waals surface area contributed by atoms with E-state index in [0.29, 0.717) is 5.69 Å². The van der Waals surface area contributed by atoms with Crippen molar-refractivity contribution in [2.24, 2.45) is 0 Å². The van der Waals surface area contributed by atoms with E-state index < -0.39 is 0 Å². The number of nitrogens with zero attached hydrogens (tertiary/aromatic N) is 2. The molecule has 0 spiro atoms. The summed E-state index contributed by atoms with van der Waals surface area (Å²) >= 11 is 0. The van der Waals surface area contributed by atoms with E-state index in [-0.39, 0.29) is 0 Å². The molecular formula is C12H17N3O. The lowest BCUT2D eigenvalue weighted by Crippen LogP contribution is -2.18. The topological polar surface area (TPSA) is 55.3 Å². The fraction of sp³-hybridized carbons (Fsp3) is 0.417. The number of nitrogen functional groups attached to an aromatic ring is 1. The summed E-state index contributed by atoms with van der Waals surface area (Å²) in [6.45, 7) is 3.94. The van der Waals surface area contributed by atoms with E-state index in [1.165, 1.54) is 0 Å². The molecule has 0 radical (unpaired) electrons. The molecule has 0 fully saturated rings. The molecule has 2 rings (SSSR count). The van der Waals surface area contributed by atoms with Crippen LogP contribution in [0.25, 0.3) is 11.1 Å². The standard InChI is InChI=1S/C12H17N3O/c1-3-6-15(2)8-12-14-10-7-9(13)4-5-11(10)16-12/h4-5,7H,3,6,8,13H2,1-2H3.